The average Bonchev–Trinajstić information content (AvgIpc) is 2.65. The second kappa shape index (κ2) is 7.75. The minimum atomic E-state index is -0.455. The predicted octanol–water partition coefficient (Wildman–Crippen LogP) is 3.71. The lowest BCUT2D eigenvalue weighted by Crippen LogP contribution is -2.41. The Kier molecular flexibility index (Phi) is 5.41. The molecule has 7 heteroatoms. The number of thiocarbonyl (C=S) groups is 1. The second-order valence-electron chi connectivity index (χ2n) is 6.53. The predicted molar refractivity (Wildman–Crippen MR) is 111 cm³/mol. The van der Waals surface area contributed by atoms with Gasteiger partial charge in [0.15, 0.2) is 5.11 Å². The summed E-state index contributed by atoms with van der Waals surface area (Å²) in [6.45, 7) is 3.99. The van der Waals surface area contributed by atoms with Crippen LogP contribution in [-0.2, 0) is 0 Å². The summed E-state index contributed by atoms with van der Waals surface area (Å²) in [7, 11) is 3.26. The zero-order chi connectivity index (χ0) is 19.4. The van der Waals surface area contributed by atoms with E-state index in [4.69, 9.17) is 26.4 Å². The summed E-state index contributed by atoms with van der Waals surface area (Å²) in [6.07, 6.45) is 1.99. The third-order valence-corrected chi connectivity index (χ3v) is 4.21. The van der Waals surface area contributed by atoms with Crippen molar-refractivity contribution >= 4 is 28.7 Å². The first-order chi connectivity index (χ1) is 12.9. The van der Waals surface area contributed by atoms with Crippen molar-refractivity contribution in [2.75, 3.05) is 19.5 Å². The van der Waals surface area contributed by atoms with Gasteiger partial charge >= 0.3 is 0 Å². The zero-order valence-electron chi connectivity index (χ0n) is 15.8. The van der Waals surface area contributed by atoms with Crippen LogP contribution in [0.1, 0.15) is 19.4 Å². The summed E-state index contributed by atoms with van der Waals surface area (Å²) in [4.78, 5) is 0. The van der Waals surface area contributed by atoms with E-state index in [1.165, 1.54) is 0 Å². The van der Waals surface area contributed by atoms with Gasteiger partial charge in [-0.2, -0.15) is 0 Å². The van der Waals surface area contributed by atoms with E-state index in [0.29, 0.717) is 10.9 Å². The van der Waals surface area contributed by atoms with Crippen LogP contribution < -0.4 is 30.4 Å². The lowest BCUT2D eigenvalue weighted by molar-refractivity contribution is 0.157. The highest BCUT2D eigenvalue weighted by atomic mass is 32.1. The summed E-state index contributed by atoms with van der Waals surface area (Å²) in [5.74, 6) is 2.24. The van der Waals surface area contributed by atoms with Crippen molar-refractivity contribution in [2.45, 2.75) is 19.4 Å². The molecule has 0 unspecified atom stereocenters. The summed E-state index contributed by atoms with van der Waals surface area (Å²) in [6, 6.07) is 13.3. The molecule has 3 N–H and O–H groups in total. The molecule has 1 aliphatic heterocycles. The molecule has 2 aromatic rings. The number of rotatable bonds is 5. The summed E-state index contributed by atoms with van der Waals surface area (Å²) in [5, 5.41) is 3.53. The van der Waals surface area contributed by atoms with Gasteiger partial charge in [0.2, 0.25) is 0 Å². The number of para-hydroxylation sites is 2. The maximum absolute atomic E-state index is 6.02. The van der Waals surface area contributed by atoms with Crippen LogP contribution in [0.25, 0.3) is 5.70 Å². The Labute approximate surface area is 164 Å². The first kappa shape index (κ1) is 18.8. The highest BCUT2D eigenvalue weighted by molar-refractivity contribution is 7.80. The molecule has 0 atom stereocenters. The van der Waals surface area contributed by atoms with Crippen molar-refractivity contribution in [2.24, 2.45) is 0 Å². The molecular weight excluding hydrogens is 362 g/mol. The smallest absolute Gasteiger partial charge is 0.189 e. The quantitative estimate of drug-likeness (QED) is 0.536. The van der Waals surface area contributed by atoms with Crippen LogP contribution in [0.3, 0.4) is 0 Å². The number of hydrogen-bond donors (Lipinski definition) is 3. The average molecular weight is 385 g/mol. The van der Waals surface area contributed by atoms with Crippen LogP contribution in [0.2, 0.25) is 0 Å². The summed E-state index contributed by atoms with van der Waals surface area (Å²) < 4.78 is 16.7. The maximum atomic E-state index is 6.02. The van der Waals surface area contributed by atoms with E-state index in [-0.39, 0.29) is 0 Å². The van der Waals surface area contributed by atoms with Crippen molar-refractivity contribution in [3.63, 3.8) is 0 Å². The van der Waals surface area contributed by atoms with E-state index in [0.717, 1.165) is 28.4 Å². The lowest BCUT2D eigenvalue weighted by atomic mass is 9.99. The lowest BCUT2D eigenvalue weighted by Gasteiger charge is -2.31. The molecule has 0 fully saturated rings. The van der Waals surface area contributed by atoms with E-state index >= 15 is 0 Å². The van der Waals surface area contributed by atoms with Gasteiger partial charge in [-0.25, -0.2) is 0 Å². The van der Waals surface area contributed by atoms with Gasteiger partial charge in [-0.1, -0.05) is 12.1 Å². The van der Waals surface area contributed by atoms with Gasteiger partial charge in [0.25, 0.3) is 0 Å². The molecular formula is C20H23N3O3S. The first-order valence-electron chi connectivity index (χ1n) is 8.48. The number of benzene rings is 2. The molecule has 0 amide bonds. The molecule has 27 heavy (non-hydrogen) atoms. The molecule has 0 aliphatic carbocycles. The van der Waals surface area contributed by atoms with Crippen molar-refractivity contribution in [3.8, 4) is 17.2 Å². The van der Waals surface area contributed by atoms with Crippen LogP contribution >= 0.6 is 12.2 Å². The number of fused-ring (bicyclic) bond motifs is 1. The van der Waals surface area contributed by atoms with E-state index in [1.54, 1.807) is 14.2 Å². The maximum Gasteiger partial charge on any atom is 0.189 e. The number of hydrogen-bond acceptors (Lipinski definition) is 5. The second-order valence-corrected chi connectivity index (χ2v) is 6.94. The van der Waals surface area contributed by atoms with Crippen LogP contribution in [0.15, 0.2) is 48.5 Å². The van der Waals surface area contributed by atoms with Crippen LogP contribution in [0.5, 0.6) is 17.2 Å². The summed E-state index contributed by atoms with van der Waals surface area (Å²) in [5.41, 5.74) is 8.26. The number of methoxy groups -OCH3 is 2. The normalized spacial score (nSPS) is 14.1. The third kappa shape index (κ3) is 4.43. The van der Waals surface area contributed by atoms with Crippen LogP contribution in [0, 0.1) is 0 Å². The van der Waals surface area contributed by atoms with E-state index in [9.17, 15) is 0 Å². The fourth-order valence-electron chi connectivity index (χ4n) is 2.80. The monoisotopic (exact) mass is 385 g/mol. The van der Waals surface area contributed by atoms with Gasteiger partial charge in [-0.15, -0.1) is 0 Å². The van der Waals surface area contributed by atoms with Gasteiger partial charge in [0, 0.05) is 5.56 Å². The van der Waals surface area contributed by atoms with Gasteiger partial charge in [-0.05, 0) is 62.5 Å². The van der Waals surface area contributed by atoms with E-state index < -0.39 is 5.60 Å². The highest BCUT2D eigenvalue weighted by Gasteiger charge is 2.27. The fraction of sp³-hybridized carbons (Fsp3) is 0.250. The number of anilines is 1. The van der Waals surface area contributed by atoms with Crippen LogP contribution in [0.4, 0.5) is 5.69 Å². The van der Waals surface area contributed by atoms with Crippen LogP contribution in [-0.4, -0.2) is 24.9 Å². The highest BCUT2D eigenvalue weighted by Crippen LogP contribution is 2.36. The number of nitrogens with one attached hydrogen (secondary N) is 3. The number of hydrazine groups is 1. The Balaban J connectivity index is 1.74. The Morgan fingerprint density at radius 3 is 2.59 bits per heavy atom. The minimum Gasteiger partial charge on any atom is -0.497 e. The largest absolute Gasteiger partial charge is 0.497 e. The van der Waals surface area contributed by atoms with Gasteiger partial charge < -0.3 is 19.5 Å². The Morgan fingerprint density at radius 1 is 1.07 bits per heavy atom. The first-order valence-corrected chi connectivity index (χ1v) is 8.89. The van der Waals surface area contributed by atoms with Crippen molar-refractivity contribution < 1.29 is 14.2 Å². The van der Waals surface area contributed by atoms with Crippen molar-refractivity contribution in [1.29, 1.82) is 0 Å². The van der Waals surface area contributed by atoms with E-state index in [2.05, 4.69) is 16.2 Å². The molecule has 3 rings (SSSR count). The summed E-state index contributed by atoms with van der Waals surface area (Å²) >= 11 is 5.39. The molecule has 6 nitrogen and oxygen atoms in total. The minimum absolute atomic E-state index is 0.411. The molecule has 2 aromatic carbocycles. The Hall–Kier alpha value is -2.93. The Bertz CT molecular complexity index is 881. The third-order valence-electron chi connectivity index (χ3n) is 4.01. The molecule has 0 aromatic heterocycles. The SMILES string of the molecule is COc1ccc2c(c1)C(NNC(=S)Nc1ccccc1OC)=CC(C)(C)O2. The molecule has 0 saturated carbocycles. The molecule has 0 radical (unpaired) electrons. The molecule has 1 heterocycles. The topological polar surface area (TPSA) is 63.8 Å². The molecule has 0 saturated heterocycles. The molecule has 0 spiro atoms. The van der Waals surface area contributed by atoms with Gasteiger partial charge in [-0.3, -0.25) is 10.9 Å². The van der Waals surface area contributed by atoms with Gasteiger partial charge in [0.1, 0.15) is 22.8 Å². The standard InChI is InChI=1S/C20H23N3O3S/c1-20(2)12-16(14-11-13(24-3)9-10-17(14)26-20)22-23-19(27)21-15-7-5-6-8-18(15)25-4/h5-12,22H,1-4H3,(H2,21,23,27). The van der Waals surface area contributed by atoms with Gasteiger partial charge in [0.05, 0.1) is 25.6 Å². The van der Waals surface area contributed by atoms with E-state index in [1.807, 2.05) is 62.4 Å². The molecule has 142 valence electrons. The fourth-order valence-corrected chi connectivity index (χ4v) is 2.96. The van der Waals surface area contributed by atoms with Crippen molar-refractivity contribution in [1.82, 2.24) is 10.9 Å². The number of ether oxygens (including phenoxy) is 3. The molecule has 0 bridgehead atoms. The Morgan fingerprint density at radius 2 is 1.85 bits per heavy atom. The van der Waals surface area contributed by atoms with Crippen molar-refractivity contribution in [3.05, 3.63) is 54.1 Å². The molecule has 1 aliphatic rings. The zero-order valence-corrected chi connectivity index (χ0v) is 16.6.